The number of carbonyl (C=O) groups is 1. The average Bonchev–Trinajstić information content (AvgIpc) is 2.35. The van der Waals surface area contributed by atoms with Gasteiger partial charge in [-0.2, -0.15) is 0 Å². The molecule has 0 aromatic carbocycles. The predicted octanol–water partition coefficient (Wildman–Crippen LogP) is 5.60. The van der Waals surface area contributed by atoms with Crippen molar-refractivity contribution in [3.05, 3.63) is 23.8 Å². The second kappa shape index (κ2) is 6.22. The fourth-order valence-corrected chi connectivity index (χ4v) is 5.34. The molecule has 0 saturated heterocycles. The molecule has 2 heteroatoms. The minimum absolute atomic E-state index is 0.158. The molecule has 3 atom stereocenters. The highest BCUT2D eigenvalue weighted by atomic mass is 16.4. The summed E-state index contributed by atoms with van der Waals surface area (Å²) in [5, 5.41) is 8.92. The maximum Gasteiger partial charge on any atom is 0.307 e. The smallest absolute Gasteiger partial charge is 0.307 e. The molecule has 0 aromatic rings. The molecule has 0 amide bonds. The second-order valence-electron chi connectivity index (χ2n) is 8.51. The Bertz CT molecular complexity index is 486. The van der Waals surface area contributed by atoms with E-state index in [0.717, 1.165) is 24.3 Å². The molecule has 0 spiro atoms. The van der Waals surface area contributed by atoms with E-state index >= 15 is 0 Å². The van der Waals surface area contributed by atoms with Crippen molar-refractivity contribution < 1.29 is 9.90 Å². The molecule has 2 nitrogen and oxygen atoms in total. The van der Waals surface area contributed by atoms with E-state index in [-0.39, 0.29) is 6.42 Å². The van der Waals surface area contributed by atoms with Crippen LogP contribution in [0.2, 0.25) is 0 Å². The number of fused-ring (bicyclic) bond motifs is 1. The molecule has 124 valence electrons. The number of hydrogen-bond donors (Lipinski definition) is 1. The normalized spacial score (nSPS) is 35.1. The fraction of sp³-hybridized carbons (Fsp3) is 0.750. The van der Waals surface area contributed by atoms with Gasteiger partial charge in [0, 0.05) is 0 Å². The van der Waals surface area contributed by atoms with Crippen molar-refractivity contribution in [2.24, 2.45) is 22.7 Å². The standard InChI is InChI=1S/C20H32O2/c1-14(13-18(21)22)7-9-16-15(2)8-10-17-19(3,4)11-6-12-20(16,17)5/h7,16-17H,2,6,8-13H2,1,3-5H3,(H,21,22). The van der Waals surface area contributed by atoms with Crippen LogP contribution >= 0.6 is 0 Å². The van der Waals surface area contributed by atoms with Gasteiger partial charge in [-0.1, -0.05) is 51.0 Å². The fourth-order valence-electron chi connectivity index (χ4n) is 5.34. The monoisotopic (exact) mass is 304 g/mol. The van der Waals surface area contributed by atoms with Gasteiger partial charge in [-0.3, -0.25) is 4.79 Å². The zero-order valence-corrected chi connectivity index (χ0v) is 14.7. The van der Waals surface area contributed by atoms with Crippen molar-refractivity contribution in [1.29, 1.82) is 0 Å². The highest BCUT2D eigenvalue weighted by Gasteiger charge is 2.52. The van der Waals surface area contributed by atoms with Crippen LogP contribution in [-0.4, -0.2) is 11.1 Å². The number of allylic oxidation sites excluding steroid dienone is 2. The van der Waals surface area contributed by atoms with Crippen molar-refractivity contribution in [3.8, 4) is 0 Å². The molecule has 1 N–H and O–H groups in total. The summed E-state index contributed by atoms with van der Waals surface area (Å²) in [7, 11) is 0. The highest BCUT2D eigenvalue weighted by Crippen LogP contribution is 2.61. The third-order valence-electron chi connectivity index (χ3n) is 6.45. The van der Waals surface area contributed by atoms with Crippen molar-refractivity contribution in [3.63, 3.8) is 0 Å². The zero-order valence-electron chi connectivity index (χ0n) is 14.7. The summed E-state index contributed by atoms with van der Waals surface area (Å²) in [6, 6.07) is 0. The van der Waals surface area contributed by atoms with Gasteiger partial charge in [0.15, 0.2) is 0 Å². The SMILES string of the molecule is C=C1CCC2C(C)(C)CCCC2(C)C1CC=C(C)CC(=O)O. The molecule has 22 heavy (non-hydrogen) atoms. The summed E-state index contributed by atoms with van der Waals surface area (Å²) in [6.07, 6.45) is 9.61. The van der Waals surface area contributed by atoms with Crippen LogP contribution in [0.4, 0.5) is 0 Å². The van der Waals surface area contributed by atoms with E-state index in [1.165, 1.54) is 31.3 Å². The number of rotatable bonds is 4. The van der Waals surface area contributed by atoms with E-state index in [2.05, 4.69) is 33.4 Å². The Labute approximate surface area is 135 Å². The van der Waals surface area contributed by atoms with Crippen molar-refractivity contribution in [2.75, 3.05) is 0 Å². The molecule has 2 aliphatic rings. The van der Waals surface area contributed by atoms with E-state index in [1.54, 1.807) is 0 Å². The molecular weight excluding hydrogens is 272 g/mol. The van der Waals surface area contributed by atoms with Gasteiger partial charge in [0.25, 0.3) is 0 Å². The lowest BCUT2D eigenvalue weighted by Gasteiger charge is -2.58. The first-order chi connectivity index (χ1) is 10.2. The van der Waals surface area contributed by atoms with Gasteiger partial charge in [-0.05, 0) is 61.7 Å². The summed E-state index contributed by atoms with van der Waals surface area (Å²) in [5.74, 6) is 0.533. The molecule has 0 aliphatic heterocycles. The maximum absolute atomic E-state index is 10.8. The molecule has 2 rings (SSSR count). The maximum atomic E-state index is 10.8. The molecule has 2 fully saturated rings. The molecular formula is C20H32O2. The van der Waals surface area contributed by atoms with Crippen LogP contribution in [0, 0.1) is 22.7 Å². The van der Waals surface area contributed by atoms with Gasteiger partial charge in [-0.25, -0.2) is 0 Å². The summed E-state index contributed by atoms with van der Waals surface area (Å²) in [4.78, 5) is 10.8. The van der Waals surface area contributed by atoms with Crippen LogP contribution in [-0.2, 0) is 4.79 Å². The van der Waals surface area contributed by atoms with Crippen molar-refractivity contribution >= 4 is 5.97 Å². The molecule has 2 aliphatic carbocycles. The Balaban J connectivity index is 2.21. The first-order valence-electron chi connectivity index (χ1n) is 8.72. The highest BCUT2D eigenvalue weighted by molar-refractivity contribution is 5.69. The number of aliphatic carboxylic acids is 1. The van der Waals surface area contributed by atoms with E-state index in [9.17, 15) is 4.79 Å². The second-order valence-corrected chi connectivity index (χ2v) is 8.51. The van der Waals surface area contributed by atoms with Crippen LogP contribution < -0.4 is 0 Å². The minimum atomic E-state index is -0.737. The predicted molar refractivity (Wildman–Crippen MR) is 91.7 cm³/mol. The van der Waals surface area contributed by atoms with Crippen LogP contribution in [0.3, 0.4) is 0 Å². The Kier molecular flexibility index (Phi) is 4.89. The number of carboxylic acid groups (broad SMARTS) is 1. The van der Waals surface area contributed by atoms with E-state index in [1.807, 2.05) is 6.92 Å². The molecule has 0 radical (unpaired) electrons. The third kappa shape index (κ3) is 3.31. The Morgan fingerprint density at radius 3 is 2.68 bits per heavy atom. The third-order valence-corrected chi connectivity index (χ3v) is 6.45. The van der Waals surface area contributed by atoms with Gasteiger partial charge in [0.1, 0.15) is 0 Å². The first kappa shape index (κ1) is 17.3. The van der Waals surface area contributed by atoms with Crippen LogP contribution in [0.5, 0.6) is 0 Å². The molecule has 0 bridgehead atoms. The van der Waals surface area contributed by atoms with Crippen molar-refractivity contribution in [2.45, 2.75) is 72.6 Å². The summed E-state index contributed by atoms with van der Waals surface area (Å²) in [6.45, 7) is 13.6. The molecule has 3 unspecified atom stereocenters. The number of carboxylic acids is 1. The summed E-state index contributed by atoms with van der Waals surface area (Å²) < 4.78 is 0. The summed E-state index contributed by atoms with van der Waals surface area (Å²) in [5.41, 5.74) is 3.11. The molecule has 0 aromatic heterocycles. The van der Waals surface area contributed by atoms with Crippen LogP contribution in [0.15, 0.2) is 23.8 Å². The van der Waals surface area contributed by atoms with Gasteiger partial charge < -0.3 is 5.11 Å². The van der Waals surface area contributed by atoms with Gasteiger partial charge >= 0.3 is 5.97 Å². The Morgan fingerprint density at radius 2 is 2.05 bits per heavy atom. The lowest BCUT2D eigenvalue weighted by atomic mass is 9.47. The lowest BCUT2D eigenvalue weighted by molar-refractivity contribution is -0.136. The van der Waals surface area contributed by atoms with Crippen LogP contribution in [0.25, 0.3) is 0 Å². The van der Waals surface area contributed by atoms with Gasteiger partial charge in [-0.15, -0.1) is 0 Å². The Hall–Kier alpha value is -1.05. The van der Waals surface area contributed by atoms with E-state index in [0.29, 0.717) is 16.7 Å². The molecule has 0 heterocycles. The van der Waals surface area contributed by atoms with Gasteiger partial charge in [0.05, 0.1) is 6.42 Å². The first-order valence-corrected chi connectivity index (χ1v) is 8.72. The molecule has 2 saturated carbocycles. The summed E-state index contributed by atoms with van der Waals surface area (Å²) >= 11 is 0. The largest absolute Gasteiger partial charge is 0.481 e. The lowest BCUT2D eigenvalue weighted by Crippen LogP contribution is -2.49. The van der Waals surface area contributed by atoms with E-state index < -0.39 is 5.97 Å². The Morgan fingerprint density at radius 1 is 1.36 bits per heavy atom. The van der Waals surface area contributed by atoms with Crippen molar-refractivity contribution in [1.82, 2.24) is 0 Å². The average molecular weight is 304 g/mol. The van der Waals surface area contributed by atoms with Crippen LogP contribution in [0.1, 0.15) is 72.6 Å². The zero-order chi connectivity index (χ0) is 16.5. The quantitative estimate of drug-likeness (QED) is 0.687. The van der Waals surface area contributed by atoms with Gasteiger partial charge in [0.2, 0.25) is 0 Å². The topological polar surface area (TPSA) is 37.3 Å². The number of hydrogen-bond acceptors (Lipinski definition) is 1. The minimum Gasteiger partial charge on any atom is -0.481 e. The van der Waals surface area contributed by atoms with E-state index in [4.69, 9.17) is 5.11 Å².